The topological polar surface area (TPSA) is 37.3 Å². The second-order valence-electron chi connectivity index (χ2n) is 2.95. The Kier molecular flexibility index (Phi) is 6.68. The molecule has 0 aromatic rings. The molecular formula is C9H18O2S2. The molecule has 0 atom stereocenters. The Labute approximate surface area is 88.9 Å². The van der Waals surface area contributed by atoms with Crippen molar-refractivity contribution in [1.82, 2.24) is 0 Å². The van der Waals surface area contributed by atoms with Crippen LogP contribution in [0.4, 0.5) is 0 Å². The van der Waals surface area contributed by atoms with Gasteiger partial charge in [-0.05, 0) is 31.3 Å². The maximum atomic E-state index is 11.0. The minimum absolute atomic E-state index is 0.647. The molecule has 2 nitrogen and oxygen atoms in total. The molecule has 78 valence electrons. The first-order chi connectivity index (χ1) is 6.06. The van der Waals surface area contributed by atoms with Crippen molar-refractivity contribution >= 4 is 29.5 Å². The molecule has 4 heteroatoms. The lowest BCUT2D eigenvalue weighted by Gasteiger charge is -2.22. The molecule has 0 radical (unpaired) electrons. The molecule has 13 heavy (non-hydrogen) atoms. The van der Waals surface area contributed by atoms with E-state index in [9.17, 15) is 4.79 Å². The van der Waals surface area contributed by atoms with Crippen molar-refractivity contribution in [2.24, 2.45) is 0 Å². The van der Waals surface area contributed by atoms with Gasteiger partial charge in [0.25, 0.3) is 0 Å². The third kappa shape index (κ3) is 4.81. The zero-order valence-electron chi connectivity index (χ0n) is 8.50. The lowest BCUT2D eigenvalue weighted by molar-refractivity contribution is -0.136. The minimum Gasteiger partial charge on any atom is -0.480 e. The predicted molar refractivity (Wildman–Crippen MR) is 61.5 cm³/mol. The number of carbonyl (C=O) groups is 1. The monoisotopic (exact) mass is 222 g/mol. The fraction of sp³-hybridized carbons (Fsp3) is 0.889. The lowest BCUT2D eigenvalue weighted by atomic mass is 10.5. The van der Waals surface area contributed by atoms with E-state index in [0.717, 1.165) is 24.3 Å². The first-order valence-corrected chi connectivity index (χ1v) is 6.55. The smallest absolute Gasteiger partial charge is 0.329 e. The highest BCUT2D eigenvalue weighted by atomic mass is 32.2. The largest absolute Gasteiger partial charge is 0.480 e. The Morgan fingerprint density at radius 3 is 1.85 bits per heavy atom. The van der Waals surface area contributed by atoms with Crippen LogP contribution in [0.25, 0.3) is 0 Å². The fourth-order valence-corrected chi connectivity index (χ4v) is 3.03. The summed E-state index contributed by atoms with van der Waals surface area (Å²) in [5.41, 5.74) is 0. The van der Waals surface area contributed by atoms with Crippen molar-refractivity contribution in [3.05, 3.63) is 0 Å². The molecule has 0 aromatic heterocycles. The Morgan fingerprint density at radius 2 is 1.62 bits per heavy atom. The molecule has 0 saturated carbocycles. The minimum atomic E-state index is -0.704. The van der Waals surface area contributed by atoms with Crippen LogP contribution in [-0.4, -0.2) is 26.7 Å². The zero-order chi connectivity index (χ0) is 10.3. The normalized spacial score (nSPS) is 11.6. The van der Waals surface area contributed by atoms with E-state index in [0.29, 0.717) is 0 Å². The van der Waals surface area contributed by atoms with Crippen LogP contribution in [0.2, 0.25) is 0 Å². The van der Waals surface area contributed by atoms with Gasteiger partial charge in [0.15, 0.2) is 4.08 Å². The summed E-state index contributed by atoms with van der Waals surface area (Å²) in [7, 11) is 0. The summed E-state index contributed by atoms with van der Waals surface area (Å²) in [5, 5.41) is 9.04. The number of aliphatic carboxylic acids is 1. The molecule has 0 aliphatic heterocycles. The molecular weight excluding hydrogens is 204 g/mol. The quantitative estimate of drug-likeness (QED) is 0.672. The molecule has 0 aliphatic rings. The van der Waals surface area contributed by atoms with E-state index in [1.54, 1.807) is 6.92 Å². The van der Waals surface area contributed by atoms with Gasteiger partial charge in [-0.15, -0.1) is 23.5 Å². The summed E-state index contributed by atoms with van der Waals surface area (Å²) < 4.78 is -0.647. The number of hydrogen-bond acceptors (Lipinski definition) is 3. The lowest BCUT2D eigenvalue weighted by Crippen LogP contribution is -2.28. The number of hydrogen-bond donors (Lipinski definition) is 1. The van der Waals surface area contributed by atoms with Gasteiger partial charge in [-0.2, -0.15) is 0 Å². The third-order valence-electron chi connectivity index (χ3n) is 1.55. The van der Waals surface area contributed by atoms with Gasteiger partial charge >= 0.3 is 5.97 Å². The molecule has 0 bridgehead atoms. The summed E-state index contributed by atoms with van der Waals surface area (Å²) in [6, 6.07) is 0. The Morgan fingerprint density at radius 1 is 1.23 bits per heavy atom. The second kappa shape index (κ2) is 6.60. The summed E-state index contributed by atoms with van der Waals surface area (Å²) >= 11 is 3.07. The standard InChI is InChI=1S/C9H18O2S2/c1-4-6-12-9(3,8(10)11)13-7-5-2/h4-7H2,1-3H3,(H,10,11). The summed E-state index contributed by atoms with van der Waals surface area (Å²) in [6.45, 7) is 5.94. The Bertz CT molecular complexity index is 152. The van der Waals surface area contributed by atoms with Crippen LogP contribution in [0.15, 0.2) is 0 Å². The maximum absolute atomic E-state index is 11.0. The van der Waals surface area contributed by atoms with Gasteiger partial charge in [0, 0.05) is 0 Å². The van der Waals surface area contributed by atoms with Crippen LogP contribution in [-0.2, 0) is 4.79 Å². The molecule has 1 N–H and O–H groups in total. The van der Waals surface area contributed by atoms with E-state index < -0.39 is 10.0 Å². The first kappa shape index (κ1) is 13.2. The van der Waals surface area contributed by atoms with Crippen LogP contribution >= 0.6 is 23.5 Å². The van der Waals surface area contributed by atoms with Gasteiger partial charge in [-0.1, -0.05) is 13.8 Å². The molecule has 0 heterocycles. The van der Waals surface area contributed by atoms with Crippen molar-refractivity contribution in [3.63, 3.8) is 0 Å². The Balaban J connectivity index is 4.08. The van der Waals surface area contributed by atoms with Crippen molar-refractivity contribution < 1.29 is 9.90 Å². The van der Waals surface area contributed by atoms with Crippen molar-refractivity contribution in [3.8, 4) is 0 Å². The molecule has 0 spiro atoms. The van der Waals surface area contributed by atoms with Gasteiger partial charge in [-0.3, -0.25) is 0 Å². The van der Waals surface area contributed by atoms with Crippen molar-refractivity contribution in [2.75, 3.05) is 11.5 Å². The SMILES string of the molecule is CCCSC(C)(SCCC)C(=O)O. The highest BCUT2D eigenvalue weighted by Crippen LogP contribution is 2.37. The van der Waals surface area contributed by atoms with E-state index in [-0.39, 0.29) is 0 Å². The van der Waals surface area contributed by atoms with E-state index in [4.69, 9.17) is 5.11 Å². The molecule has 0 aromatic carbocycles. The van der Waals surface area contributed by atoms with Gasteiger partial charge in [0.05, 0.1) is 0 Å². The van der Waals surface area contributed by atoms with Gasteiger partial charge < -0.3 is 5.11 Å². The summed E-state index contributed by atoms with van der Waals surface area (Å²) in [6.07, 6.45) is 2.06. The van der Waals surface area contributed by atoms with Crippen molar-refractivity contribution in [1.29, 1.82) is 0 Å². The van der Waals surface area contributed by atoms with E-state index in [1.165, 1.54) is 23.5 Å². The number of thioether (sulfide) groups is 2. The third-order valence-corrected chi connectivity index (χ3v) is 4.93. The van der Waals surface area contributed by atoms with Crippen LogP contribution in [0.1, 0.15) is 33.6 Å². The average Bonchev–Trinajstić information content (AvgIpc) is 2.11. The average molecular weight is 222 g/mol. The molecule has 0 aliphatic carbocycles. The summed E-state index contributed by atoms with van der Waals surface area (Å²) in [5.74, 6) is 1.13. The van der Waals surface area contributed by atoms with Crippen LogP contribution < -0.4 is 0 Å². The highest BCUT2D eigenvalue weighted by molar-refractivity contribution is 8.19. The van der Waals surface area contributed by atoms with Gasteiger partial charge in [-0.25, -0.2) is 4.79 Å². The van der Waals surface area contributed by atoms with E-state index in [2.05, 4.69) is 13.8 Å². The maximum Gasteiger partial charge on any atom is 0.329 e. The van der Waals surface area contributed by atoms with Gasteiger partial charge in [0.1, 0.15) is 0 Å². The first-order valence-electron chi connectivity index (χ1n) is 4.58. The zero-order valence-corrected chi connectivity index (χ0v) is 10.1. The molecule has 0 fully saturated rings. The number of rotatable bonds is 7. The highest BCUT2D eigenvalue weighted by Gasteiger charge is 2.33. The molecule has 0 rings (SSSR count). The van der Waals surface area contributed by atoms with E-state index in [1.807, 2.05) is 0 Å². The van der Waals surface area contributed by atoms with Crippen LogP contribution in [0.5, 0.6) is 0 Å². The van der Waals surface area contributed by atoms with Crippen LogP contribution in [0, 0.1) is 0 Å². The van der Waals surface area contributed by atoms with Gasteiger partial charge in [0.2, 0.25) is 0 Å². The molecule has 0 amide bonds. The molecule has 0 saturated heterocycles. The fourth-order valence-electron chi connectivity index (χ4n) is 0.759. The molecule has 0 unspecified atom stereocenters. The van der Waals surface area contributed by atoms with Crippen LogP contribution in [0.3, 0.4) is 0 Å². The van der Waals surface area contributed by atoms with Crippen molar-refractivity contribution in [2.45, 2.75) is 37.7 Å². The number of carboxylic acids is 1. The second-order valence-corrected chi connectivity index (χ2v) is 6.23. The predicted octanol–water partition coefficient (Wildman–Crippen LogP) is 3.07. The summed E-state index contributed by atoms with van der Waals surface area (Å²) in [4.78, 5) is 11.0. The Hall–Kier alpha value is 0.170. The van der Waals surface area contributed by atoms with E-state index >= 15 is 0 Å². The number of carboxylic acid groups (broad SMARTS) is 1.